The number of aliphatic hydroxyl groups excluding tert-OH is 1. The fourth-order valence-electron chi connectivity index (χ4n) is 3.50. The Hall–Kier alpha value is -3.14. The van der Waals surface area contributed by atoms with E-state index in [1.165, 1.54) is 27.8 Å². The highest BCUT2D eigenvalue weighted by Gasteiger charge is 2.12. The molecule has 1 aromatic heterocycles. The highest BCUT2D eigenvalue weighted by atomic mass is 32.1. The van der Waals surface area contributed by atoms with Gasteiger partial charge in [-0.25, -0.2) is 0 Å². The summed E-state index contributed by atoms with van der Waals surface area (Å²) in [6.45, 7) is 8.25. The topological polar surface area (TPSA) is 76.4 Å². The monoisotopic (exact) mass is 447 g/mol. The van der Waals surface area contributed by atoms with E-state index in [9.17, 15) is 15.2 Å². The van der Waals surface area contributed by atoms with E-state index in [0.29, 0.717) is 6.42 Å². The number of aliphatic hydroxyl groups is 1. The lowest BCUT2D eigenvalue weighted by Crippen LogP contribution is -2.32. The van der Waals surface area contributed by atoms with E-state index >= 15 is 0 Å². The Labute approximate surface area is 193 Å². The molecule has 6 heteroatoms. The van der Waals surface area contributed by atoms with E-state index in [1.807, 2.05) is 25.1 Å². The third-order valence-electron chi connectivity index (χ3n) is 5.48. The zero-order valence-corrected chi connectivity index (χ0v) is 19.6. The van der Waals surface area contributed by atoms with Crippen LogP contribution >= 0.6 is 11.3 Å². The van der Waals surface area contributed by atoms with Crippen molar-refractivity contribution in [2.75, 3.05) is 24.5 Å². The first kappa shape index (κ1) is 23.5. The maximum Gasteiger partial charge on any atom is 0.262 e. The second kappa shape index (κ2) is 10.9. The van der Waals surface area contributed by atoms with E-state index < -0.39 is 12.0 Å². The van der Waals surface area contributed by atoms with Crippen LogP contribution in [0.1, 0.15) is 32.1 Å². The SMILES string of the molecule is CCC(O)CNC(=O)/C(C#N)=C/c1ccc(-c2ccc3cc(N(CC)CC)ccc3c2)s1. The second-order valence-electron chi connectivity index (χ2n) is 7.56. The van der Waals surface area contributed by atoms with Crippen LogP contribution in [0.5, 0.6) is 0 Å². The van der Waals surface area contributed by atoms with Crippen molar-refractivity contribution >= 4 is 39.8 Å². The molecular formula is C26H29N3O2S. The van der Waals surface area contributed by atoms with Crippen molar-refractivity contribution in [2.45, 2.75) is 33.3 Å². The first-order valence-corrected chi connectivity index (χ1v) is 11.8. The standard InChI is InChI=1S/C26H29N3O2S/c1-4-23(30)17-28-26(31)21(16-27)15-24-11-12-25(32-24)20-8-7-19-14-22(29(5-2)6-3)10-9-18(19)13-20/h7-15,23,30H,4-6,17H2,1-3H3,(H,28,31)/b21-15+. The Bertz CT molecular complexity index is 1160. The van der Waals surface area contributed by atoms with Gasteiger partial charge in [-0.2, -0.15) is 5.26 Å². The largest absolute Gasteiger partial charge is 0.391 e. The lowest BCUT2D eigenvalue weighted by Gasteiger charge is -2.21. The normalized spacial score (nSPS) is 12.4. The Balaban J connectivity index is 1.80. The molecule has 0 spiro atoms. The third-order valence-corrected chi connectivity index (χ3v) is 6.57. The smallest absolute Gasteiger partial charge is 0.262 e. The Kier molecular flexibility index (Phi) is 8.04. The lowest BCUT2D eigenvalue weighted by molar-refractivity contribution is -0.117. The highest BCUT2D eigenvalue weighted by Crippen LogP contribution is 2.32. The van der Waals surface area contributed by atoms with Gasteiger partial charge in [0, 0.05) is 35.1 Å². The van der Waals surface area contributed by atoms with Crippen LogP contribution in [0.15, 0.2) is 54.1 Å². The van der Waals surface area contributed by atoms with Gasteiger partial charge >= 0.3 is 0 Å². The van der Waals surface area contributed by atoms with Crippen LogP contribution in [0.4, 0.5) is 5.69 Å². The summed E-state index contributed by atoms with van der Waals surface area (Å²) < 4.78 is 0. The zero-order chi connectivity index (χ0) is 23.1. The number of fused-ring (bicyclic) bond motifs is 1. The summed E-state index contributed by atoms with van der Waals surface area (Å²) in [5, 5.41) is 24.0. The minimum absolute atomic E-state index is 0.0316. The van der Waals surface area contributed by atoms with Crippen molar-refractivity contribution in [1.29, 1.82) is 5.26 Å². The molecule has 0 aliphatic rings. The van der Waals surface area contributed by atoms with Crippen LogP contribution in [0.3, 0.4) is 0 Å². The first-order chi connectivity index (χ1) is 15.5. The quantitative estimate of drug-likeness (QED) is 0.349. The summed E-state index contributed by atoms with van der Waals surface area (Å²) in [6, 6.07) is 18.8. The van der Waals surface area contributed by atoms with E-state index in [-0.39, 0.29) is 12.1 Å². The number of carbonyl (C=O) groups excluding carboxylic acids is 1. The summed E-state index contributed by atoms with van der Waals surface area (Å²) in [4.78, 5) is 16.5. The molecule has 0 aliphatic carbocycles. The summed E-state index contributed by atoms with van der Waals surface area (Å²) in [6.07, 6.45) is 1.53. The number of rotatable bonds is 9. The minimum Gasteiger partial charge on any atom is -0.391 e. The van der Waals surface area contributed by atoms with Crippen molar-refractivity contribution in [3.63, 3.8) is 0 Å². The zero-order valence-electron chi connectivity index (χ0n) is 18.8. The molecule has 3 aromatic rings. The summed E-state index contributed by atoms with van der Waals surface area (Å²) in [5.74, 6) is -0.468. The maximum atomic E-state index is 12.2. The Morgan fingerprint density at radius 3 is 2.53 bits per heavy atom. The van der Waals surface area contributed by atoms with Crippen LogP contribution in [-0.2, 0) is 4.79 Å². The van der Waals surface area contributed by atoms with E-state index in [1.54, 1.807) is 6.08 Å². The molecule has 0 aliphatic heterocycles. The summed E-state index contributed by atoms with van der Waals surface area (Å²) in [7, 11) is 0. The molecule has 0 saturated heterocycles. The van der Waals surface area contributed by atoms with Crippen LogP contribution in [0, 0.1) is 11.3 Å². The molecule has 166 valence electrons. The van der Waals surface area contributed by atoms with Crippen molar-refractivity contribution in [3.8, 4) is 16.5 Å². The number of anilines is 1. The average Bonchev–Trinajstić information content (AvgIpc) is 3.29. The Morgan fingerprint density at radius 1 is 1.12 bits per heavy atom. The number of nitrogens with zero attached hydrogens (tertiary/aromatic N) is 2. The van der Waals surface area contributed by atoms with E-state index in [4.69, 9.17) is 0 Å². The van der Waals surface area contributed by atoms with Gasteiger partial charge in [0.2, 0.25) is 0 Å². The molecule has 2 aromatic carbocycles. The molecule has 0 saturated carbocycles. The van der Waals surface area contributed by atoms with Crippen molar-refractivity contribution in [3.05, 3.63) is 59.0 Å². The van der Waals surface area contributed by atoms with Gasteiger partial charge in [-0.1, -0.05) is 25.1 Å². The molecule has 5 nitrogen and oxygen atoms in total. The molecule has 2 N–H and O–H groups in total. The summed E-state index contributed by atoms with van der Waals surface area (Å²) in [5.41, 5.74) is 2.36. The van der Waals surface area contributed by atoms with Gasteiger partial charge in [0.25, 0.3) is 5.91 Å². The van der Waals surface area contributed by atoms with Gasteiger partial charge in [-0.05, 0) is 73.0 Å². The van der Waals surface area contributed by atoms with Gasteiger partial charge in [0.1, 0.15) is 11.6 Å². The first-order valence-electron chi connectivity index (χ1n) is 11.0. The van der Waals surface area contributed by atoms with Crippen molar-refractivity contribution in [2.24, 2.45) is 0 Å². The van der Waals surface area contributed by atoms with Crippen LogP contribution in [0.2, 0.25) is 0 Å². The Morgan fingerprint density at radius 2 is 1.84 bits per heavy atom. The fraction of sp³-hybridized carbons (Fsp3) is 0.308. The number of benzene rings is 2. The number of nitriles is 1. The number of hydrogen-bond donors (Lipinski definition) is 2. The maximum absolute atomic E-state index is 12.2. The molecule has 0 radical (unpaired) electrons. The molecule has 1 atom stereocenters. The van der Waals surface area contributed by atoms with Gasteiger partial charge in [-0.3, -0.25) is 4.79 Å². The predicted molar refractivity (Wildman–Crippen MR) is 134 cm³/mol. The highest BCUT2D eigenvalue weighted by molar-refractivity contribution is 7.16. The van der Waals surface area contributed by atoms with Crippen LogP contribution in [-0.4, -0.2) is 36.8 Å². The predicted octanol–water partition coefficient (Wildman–Crippen LogP) is 5.21. The number of hydrogen-bond acceptors (Lipinski definition) is 5. The molecule has 1 heterocycles. The number of amides is 1. The second-order valence-corrected chi connectivity index (χ2v) is 8.68. The molecule has 0 fully saturated rings. The molecular weight excluding hydrogens is 418 g/mol. The summed E-state index contributed by atoms with van der Waals surface area (Å²) >= 11 is 1.53. The van der Waals surface area contributed by atoms with Crippen LogP contribution in [0.25, 0.3) is 27.3 Å². The molecule has 1 unspecified atom stereocenters. The molecule has 3 rings (SSSR count). The molecule has 0 bridgehead atoms. The number of carbonyl (C=O) groups is 1. The van der Waals surface area contributed by atoms with Crippen molar-refractivity contribution in [1.82, 2.24) is 5.32 Å². The number of nitrogens with one attached hydrogen (secondary N) is 1. The van der Waals surface area contributed by atoms with Gasteiger partial charge in [-0.15, -0.1) is 11.3 Å². The minimum atomic E-state index is -0.608. The van der Waals surface area contributed by atoms with Crippen molar-refractivity contribution < 1.29 is 9.90 Å². The third kappa shape index (κ3) is 5.56. The van der Waals surface area contributed by atoms with Gasteiger partial charge in [0.15, 0.2) is 0 Å². The molecule has 1 amide bonds. The van der Waals surface area contributed by atoms with E-state index in [2.05, 4.69) is 60.5 Å². The van der Waals surface area contributed by atoms with Crippen LogP contribution < -0.4 is 10.2 Å². The number of thiophene rings is 1. The fourth-order valence-corrected chi connectivity index (χ4v) is 4.45. The van der Waals surface area contributed by atoms with Gasteiger partial charge < -0.3 is 15.3 Å². The molecule has 32 heavy (non-hydrogen) atoms. The van der Waals surface area contributed by atoms with E-state index in [0.717, 1.165) is 28.4 Å². The van der Waals surface area contributed by atoms with Gasteiger partial charge in [0.05, 0.1) is 6.10 Å². The average molecular weight is 448 g/mol. The lowest BCUT2D eigenvalue weighted by atomic mass is 10.0.